The van der Waals surface area contributed by atoms with Gasteiger partial charge in [-0.05, 0) is 44.9 Å². The Balaban J connectivity index is 5.90. The number of carboxylic acids is 3. The van der Waals surface area contributed by atoms with Crippen LogP contribution in [0.1, 0.15) is 118 Å². The molecule has 0 amide bonds. The molecule has 7 nitrogen and oxygen atoms in total. The minimum absolute atomic E-state index is 0.200. The second kappa shape index (κ2) is 18.4. The van der Waals surface area contributed by atoms with Crippen molar-refractivity contribution in [3.8, 4) is 0 Å². The first-order chi connectivity index (χ1) is 16.2. The highest BCUT2D eigenvalue weighted by molar-refractivity contribution is 5.77. The van der Waals surface area contributed by atoms with E-state index < -0.39 is 40.5 Å². The van der Waals surface area contributed by atoms with Crippen LogP contribution in [0.3, 0.4) is 0 Å². The third kappa shape index (κ3) is 10.2. The molecule has 0 heterocycles. The van der Waals surface area contributed by atoms with Gasteiger partial charge in [-0.3, -0.25) is 4.48 Å². The highest BCUT2D eigenvalue weighted by atomic mass is 16.4. The molecule has 2 N–H and O–H groups in total. The summed E-state index contributed by atoms with van der Waals surface area (Å²) in [6, 6.07) is -3.34. The molecule has 0 saturated carbocycles. The van der Waals surface area contributed by atoms with Crippen molar-refractivity contribution in [1.82, 2.24) is 0 Å². The summed E-state index contributed by atoms with van der Waals surface area (Å²) in [4.78, 5) is 37.3. The first kappa shape index (κ1) is 32.1. The lowest BCUT2D eigenvalue weighted by molar-refractivity contribution is -0.975. The van der Waals surface area contributed by atoms with Crippen molar-refractivity contribution < 1.29 is 34.2 Å². The maximum atomic E-state index is 12.5. The van der Waals surface area contributed by atoms with Gasteiger partial charge in [-0.15, -0.1) is 0 Å². The topological polar surface area (TPSA) is 115 Å². The maximum Gasteiger partial charge on any atom is 0.362 e. The fourth-order valence-corrected chi connectivity index (χ4v) is 5.19. The Morgan fingerprint density at radius 3 is 1.53 bits per heavy atom. The van der Waals surface area contributed by atoms with Crippen molar-refractivity contribution in [3.63, 3.8) is 0 Å². The van der Waals surface area contributed by atoms with Gasteiger partial charge in [0.1, 0.15) is 6.04 Å². The molecule has 0 aliphatic carbocycles. The molecule has 3 unspecified atom stereocenters. The van der Waals surface area contributed by atoms with E-state index in [-0.39, 0.29) is 25.8 Å². The zero-order valence-electron chi connectivity index (χ0n) is 22.0. The number of quaternary nitrogens is 1. The number of aliphatic carboxylic acids is 3. The second-order valence-electron chi connectivity index (χ2n) is 9.44. The highest BCUT2D eigenvalue weighted by Crippen LogP contribution is 2.34. The fraction of sp³-hybridized carbons (Fsp3) is 0.815. The summed E-state index contributed by atoms with van der Waals surface area (Å²) in [7, 11) is 0. The fourth-order valence-electron chi connectivity index (χ4n) is 5.19. The molecule has 0 rings (SSSR count). The van der Waals surface area contributed by atoms with Gasteiger partial charge < -0.3 is 20.1 Å². The summed E-state index contributed by atoms with van der Waals surface area (Å²) in [5.74, 6) is -3.59. The van der Waals surface area contributed by atoms with Gasteiger partial charge in [-0.1, -0.05) is 65.5 Å². The van der Waals surface area contributed by atoms with Crippen LogP contribution in [0, 0.1) is 0 Å². The molecule has 0 aromatic heterocycles. The summed E-state index contributed by atoms with van der Waals surface area (Å²) in [5, 5.41) is 32.7. The molecule has 0 spiro atoms. The van der Waals surface area contributed by atoms with E-state index in [1.165, 1.54) is 12.8 Å². The molecule has 0 bridgehead atoms. The van der Waals surface area contributed by atoms with Crippen molar-refractivity contribution in [3.05, 3.63) is 12.2 Å². The first-order valence-corrected chi connectivity index (χ1v) is 13.4. The number of allylic oxidation sites excluding steroid dienone is 2. The number of carbonyl (C=O) groups excluding carboxylic acids is 1. The molecule has 0 aliphatic heterocycles. The van der Waals surface area contributed by atoms with Crippen LogP contribution < -0.4 is 5.11 Å². The Hall–Kier alpha value is -1.89. The van der Waals surface area contributed by atoms with Crippen LogP contribution in [0.15, 0.2) is 12.2 Å². The Kier molecular flexibility index (Phi) is 17.4. The van der Waals surface area contributed by atoms with Gasteiger partial charge in [0, 0.05) is 19.3 Å². The molecule has 3 atom stereocenters. The number of carboxylic acid groups (broad SMARTS) is 3. The molecule has 34 heavy (non-hydrogen) atoms. The normalized spacial score (nSPS) is 16.1. The third-order valence-electron chi connectivity index (χ3n) is 6.83. The molecule has 0 aromatic rings. The van der Waals surface area contributed by atoms with Crippen LogP contribution in [-0.4, -0.2) is 57.3 Å². The van der Waals surface area contributed by atoms with Gasteiger partial charge in [-0.25, -0.2) is 9.59 Å². The van der Waals surface area contributed by atoms with Crippen LogP contribution >= 0.6 is 0 Å². The predicted octanol–water partition coefficient (Wildman–Crippen LogP) is 4.93. The van der Waals surface area contributed by atoms with Gasteiger partial charge in [0.05, 0.1) is 12.5 Å². The van der Waals surface area contributed by atoms with E-state index in [1.807, 2.05) is 20.8 Å². The monoisotopic (exact) mass is 483 g/mol. The molecular weight excluding hydrogens is 434 g/mol. The molecular formula is C27H49NO6. The van der Waals surface area contributed by atoms with E-state index in [0.29, 0.717) is 25.7 Å². The number of hydrogen-bond acceptors (Lipinski definition) is 4. The van der Waals surface area contributed by atoms with E-state index in [1.54, 1.807) is 0 Å². The van der Waals surface area contributed by atoms with Gasteiger partial charge in [0.2, 0.25) is 0 Å². The van der Waals surface area contributed by atoms with Crippen LogP contribution in [0.5, 0.6) is 0 Å². The van der Waals surface area contributed by atoms with Crippen LogP contribution in [0.4, 0.5) is 0 Å². The summed E-state index contributed by atoms with van der Waals surface area (Å²) < 4.78 is -0.445. The van der Waals surface area contributed by atoms with Crippen molar-refractivity contribution >= 4 is 17.9 Å². The number of rotatable bonds is 22. The largest absolute Gasteiger partial charge is 0.544 e. The van der Waals surface area contributed by atoms with Crippen LogP contribution in [0.2, 0.25) is 0 Å². The maximum absolute atomic E-state index is 12.5. The van der Waals surface area contributed by atoms with E-state index in [0.717, 1.165) is 32.1 Å². The van der Waals surface area contributed by atoms with E-state index in [2.05, 4.69) is 19.1 Å². The van der Waals surface area contributed by atoms with Crippen molar-refractivity contribution in [2.75, 3.05) is 6.54 Å². The van der Waals surface area contributed by atoms with E-state index >= 15 is 0 Å². The number of hydrogen-bond donors (Lipinski definition) is 2. The lowest BCUT2D eigenvalue weighted by atomic mass is 9.91. The highest BCUT2D eigenvalue weighted by Gasteiger charge is 2.54. The lowest BCUT2D eigenvalue weighted by Gasteiger charge is -2.52. The number of carbonyl (C=O) groups is 3. The van der Waals surface area contributed by atoms with Crippen LogP contribution in [0.25, 0.3) is 0 Å². The number of nitrogens with zero attached hydrogens (tertiary/aromatic N) is 1. The third-order valence-corrected chi connectivity index (χ3v) is 6.83. The average molecular weight is 484 g/mol. The molecule has 7 heteroatoms. The SMILES string of the molecule is CCCC/C=C/CCCCCC[N+](C(CCC)C(=O)[O-])(C(CCC)C(=O)O)C(CCC)C(=O)O. The molecule has 0 saturated heterocycles. The standard InChI is InChI=1S/C27H49NO6/c1-5-9-10-11-12-13-14-15-16-17-21-28(22(18-6-2)25(29)30,23(19-7-3)26(31)32)24(20-8-4)27(33)34/h11-12,22-24H,5-10,13-21H2,1-4H3,(H2-,29,30,31,32,33,34)/b12-11+. The average Bonchev–Trinajstić information content (AvgIpc) is 2.78. The quantitative estimate of drug-likeness (QED) is 0.128. The summed E-state index contributed by atoms with van der Waals surface area (Å²) in [6.45, 7) is 7.93. The van der Waals surface area contributed by atoms with Gasteiger partial charge in [-0.2, -0.15) is 0 Å². The van der Waals surface area contributed by atoms with Gasteiger partial charge in [0.15, 0.2) is 12.1 Å². The van der Waals surface area contributed by atoms with Crippen molar-refractivity contribution in [1.29, 1.82) is 0 Å². The Labute approximate surface area is 206 Å². The Morgan fingerprint density at radius 2 is 1.12 bits per heavy atom. The summed E-state index contributed by atoms with van der Waals surface area (Å²) in [5.41, 5.74) is 0. The smallest absolute Gasteiger partial charge is 0.362 e. The zero-order valence-corrected chi connectivity index (χ0v) is 22.0. The Morgan fingerprint density at radius 1 is 0.676 bits per heavy atom. The Bertz CT molecular complexity index is 558. The van der Waals surface area contributed by atoms with Gasteiger partial charge in [0.25, 0.3) is 0 Å². The molecule has 0 aromatic carbocycles. The van der Waals surface area contributed by atoms with Gasteiger partial charge >= 0.3 is 11.9 Å². The van der Waals surface area contributed by atoms with Crippen LogP contribution in [-0.2, 0) is 14.4 Å². The van der Waals surface area contributed by atoms with E-state index in [4.69, 9.17) is 0 Å². The van der Waals surface area contributed by atoms with E-state index in [9.17, 15) is 29.7 Å². The zero-order chi connectivity index (χ0) is 26.0. The predicted molar refractivity (Wildman–Crippen MR) is 133 cm³/mol. The minimum Gasteiger partial charge on any atom is -0.544 e. The number of unbranched alkanes of at least 4 members (excludes halogenated alkanes) is 6. The molecule has 0 aliphatic rings. The summed E-state index contributed by atoms with van der Waals surface area (Å²) >= 11 is 0. The molecule has 198 valence electrons. The minimum atomic E-state index is -1.34. The lowest BCUT2D eigenvalue weighted by Crippen LogP contribution is -2.74. The first-order valence-electron chi connectivity index (χ1n) is 13.4. The van der Waals surface area contributed by atoms with Crippen molar-refractivity contribution in [2.45, 2.75) is 136 Å². The molecule has 0 radical (unpaired) electrons. The molecule has 0 fully saturated rings. The second-order valence-corrected chi connectivity index (χ2v) is 9.44. The van der Waals surface area contributed by atoms with Crippen molar-refractivity contribution in [2.24, 2.45) is 0 Å². The summed E-state index contributed by atoms with van der Waals surface area (Å²) in [6.07, 6.45) is 14.5.